The fourth-order valence-electron chi connectivity index (χ4n) is 2.96. The van der Waals surface area contributed by atoms with Crippen molar-refractivity contribution in [2.75, 3.05) is 0 Å². The van der Waals surface area contributed by atoms with Crippen LogP contribution in [0.5, 0.6) is 0 Å². The average molecular weight is 270 g/mol. The minimum atomic E-state index is -1.49. The molecule has 4 heteroatoms. The highest BCUT2D eigenvalue weighted by molar-refractivity contribution is 7.80. The third kappa shape index (κ3) is 1.75. The summed E-state index contributed by atoms with van der Waals surface area (Å²) in [6.07, 6.45) is 0. The summed E-state index contributed by atoms with van der Waals surface area (Å²) in [5.74, 6) is 0. The van der Waals surface area contributed by atoms with Crippen LogP contribution in [0.4, 0.5) is 0 Å². The number of hydrogen-bond acceptors (Lipinski definition) is 3. The van der Waals surface area contributed by atoms with E-state index in [0.717, 1.165) is 11.1 Å². The molecule has 0 unspecified atom stereocenters. The largest absolute Gasteiger partial charge is 0.489 e. The van der Waals surface area contributed by atoms with Crippen molar-refractivity contribution in [3.05, 3.63) is 47.5 Å². The van der Waals surface area contributed by atoms with E-state index in [9.17, 15) is 10.0 Å². The van der Waals surface area contributed by atoms with E-state index in [1.807, 2.05) is 24.3 Å². The molecule has 1 aliphatic rings. The number of rotatable bonds is 1. The van der Waals surface area contributed by atoms with Gasteiger partial charge >= 0.3 is 7.12 Å². The molecular weight excluding hydrogens is 255 g/mol. The second-order valence-electron chi connectivity index (χ2n) is 5.50. The molecule has 0 bridgehead atoms. The average Bonchev–Trinajstić information content (AvgIpc) is 2.58. The monoisotopic (exact) mass is 270 g/mol. The first-order valence-corrected chi connectivity index (χ1v) is 6.71. The van der Waals surface area contributed by atoms with Crippen LogP contribution in [0.15, 0.2) is 41.3 Å². The predicted molar refractivity (Wildman–Crippen MR) is 81.1 cm³/mol. The molecule has 0 radical (unpaired) electrons. The Labute approximate surface area is 118 Å². The molecule has 0 aromatic heterocycles. The first kappa shape index (κ1) is 12.8. The van der Waals surface area contributed by atoms with Gasteiger partial charge in [-0.1, -0.05) is 44.2 Å². The summed E-state index contributed by atoms with van der Waals surface area (Å²) in [5, 5.41) is 18.9. The van der Waals surface area contributed by atoms with Crippen LogP contribution in [-0.4, -0.2) is 17.2 Å². The molecule has 0 saturated carbocycles. The van der Waals surface area contributed by atoms with Crippen LogP contribution in [0.25, 0.3) is 11.1 Å². The number of hydrogen-bond donors (Lipinski definition) is 3. The number of fused-ring (bicyclic) bond motifs is 3. The highest BCUT2D eigenvalue weighted by atomic mass is 32.1. The van der Waals surface area contributed by atoms with Gasteiger partial charge in [-0.05, 0) is 33.8 Å². The minimum absolute atomic E-state index is 0.128. The van der Waals surface area contributed by atoms with Crippen molar-refractivity contribution in [3.63, 3.8) is 0 Å². The van der Waals surface area contributed by atoms with Crippen LogP contribution >= 0.6 is 12.6 Å². The molecule has 0 spiro atoms. The van der Waals surface area contributed by atoms with Gasteiger partial charge in [0.1, 0.15) is 0 Å². The zero-order chi connectivity index (χ0) is 13.8. The molecule has 0 aliphatic heterocycles. The Morgan fingerprint density at radius 1 is 1.00 bits per heavy atom. The standard InChI is InChI=1S/C15H15BO2S/c1-15(2)11-6-4-3-5-9(11)10-7-14(19)13(16(17)18)8-12(10)15/h3-8,17-19H,1-2H3. The van der Waals surface area contributed by atoms with Gasteiger partial charge in [-0.25, -0.2) is 0 Å². The number of benzene rings is 2. The lowest BCUT2D eigenvalue weighted by molar-refractivity contribution is 0.425. The molecule has 0 heterocycles. The maximum Gasteiger partial charge on any atom is 0.489 e. The summed E-state index contributed by atoms with van der Waals surface area (Å²) in [6.45, 7) is 4.31. The van der Waals surface area contributed by atoms with Crippen molar-refractivity contribution in [2.45, 2.75) is 24.2 Å². The van der Waals surface area contributed by atoms with E-state index in [4.69, 9.17) is 0 Å². The van der Waals surface area contributed by atoms with E-state index in [-0.39, 0.29) is 5.41 Å². The SMILES string of the molecule is CC1(C)c2ccccc2-c2cc(S)c(B(O)O)cc21. The zero-order valence-electron chi connectivity index (χ0n) is 10.9. The van der Waals surface area contributed by atoms with Gasteiger partial charge in [0.05, 0.1) is 0 Å². The van der Waals surface area contributed by atoms with Crippen LogP contribution in [0, 0.1) is 0 Å². The topological polar surface area (TPSA) is 40.5 Å². The molecule has 96 valence electrons. The molecular formula is C15H15BO2S. The predicted octanol–water partition coefficient (Wildman–Crippen LogP) is 1.96. The fraction of sp³-hybridized carbons (Fsp3) is 0.200. The minimum Gasteiger partial charge on any atom is -0.423 e. The van der Waals surface area contributed by atoms with Gasteiger partial charge in [-0.3, -0.25) is 0 Å². The van der Waals surface area contributed by atoms with Crippen molar-refractivity contribution in [1.82, 2.24) is 0 Å². The second-order valence-corrected chi connectivity index (χ2v) is 5.98. The Bertz CT molecular complexity index is 665. The van der Waals surface area contributed by atoms with Crippen LogP contribution in [0.2, 0.25) is 0 Å². The first-order chi connectivity index (χ1) is 8.93. The Kier molecular flexibility index (Phi) is 2.78. The quantitative estimate of drug-likeness (QED) is 0.547. The van der Waals surface area contributed by atoms with Gasteiger partial charge in [0.2, 0.25) is 0 Å². The summed E-state index contributed by atoms with van der Waals surface area (Å²) in [4.78, 5) is 0.612. The molecule has 3 rings (SSSR count). The van der Waals surface area contributed by atoms with Crippen molar-refractivity contribution < 1.29 is 10.0 Å². The van der Waals surface area contributed by atoms with Crippen molar-refractivity contribution >= 4 is 25.2 Å². The second kappa shape index (κ2) is 4.13. The molecule has 1 aliphatic carbocycles. The molecule has 0 fully saturated rings. The lowest BCUT2D eigenvalue weighted by Gasteiger charge is -2.22. The van der Waals surface area contributed by atoms with Crippen LogP contribution in [-0.2, 0) is 5.41 Å². The van der Waals surface area contributed by atoms with E-state index < -0.39 is 7.12 Å². The first-order valence-electron chi connectivity index (χ1n) is 6.26. The maximum atomic E-state index is 9.43. The van der Waals surface area contributed by atoms with Crippen LogP contribution < -0.4 is 5.46 Å². The van der Waals surface area contributed by atoms with E-state index in [1.54, 1.807) is 0 Å². The fourth-order valence-corrected chi connectivity index (χ4v) is 3.27. The van der Waals surface area contributed by atoms with Crippen LogP contribution in [0.3, 0.4) is 0 Å². The van der Waals surface area contributed by atoms with Crippen molar-refractivity contribution in [3.8, 4) is 11.1 Å². The molecule has 2 N–H and O–H groups in total. The van der Waals surface area contributed by atoms with E-state index >= 15 is 0 Å². The molecule has 0 saturated heterocycles. The van der Waals surface area contributed by atoms with Crippen LogP contribution in [0.1, 0.15) is 25.0 Å². The van der Waals surface area contributed by atoms with Gasteiger partial charge < -0.3 is 10.0 Å². The smallest absolute Gasteiger partial charge is 0.423 e. The summed E-state index contributed by atoms with van der Waals surface area (Å²) in [6, 6.07) is 12.1. The molecule has 0 amide bonds. The molecule has 2 aromatic rings. The molecule has 2 nitrogen and oxygen atoms in total. The number of thiol groups is 1. The van der Waals surface area contributed by atoms with Gasteiger partial charge in [0.15, 0.2) is 0 Å². The van der Waals surface area contributed by atoms with Crippen molar-refractivity contribution in [1.29, 1.82) is 0 Å². The molecule has 0 atom stereocenters. The normalized spacial score (nSPS) is 15.0. The van der Waals surface area contributed by atoms with Gasteiger partial charge in [-0.15, -0.1) is 12.6 Å². The van der Waals surface area contributed by atoms with E-state index in [2.05, 4.69) is 38.6 Å². The lowest BCUT2D eigenvalue weighted by atomic mass is 9.75. The summed E-state index contributed by atoms with van der Waals surface area (Å²) in [7, 11) is -1.49. The summed E-state index contributed by atoms with van der Waals surface area (Å²) in [5.41, 5.74) is 5.06. The summed E-state index contributed by atoms with van der Waals surface area (Å²) >= 11 is 4.36. The zero-order valence-corrected chi connectivity index (χ0v) is 11.8. The Balaban J connectivity index is 2.33. The third-order valence-electron chi connectivity index (χ3n) is 4.01. The van der Waals surface area contributed by atoms with Gasteiger partial charge in [-0.2, -0.15) is 0 Å². The third-order valence-corrected chi connectivity index (χ3v) is 4.40. The van der Waals surface area contributed by atoms with Gasteiger partial charge in [0.25, 0.3) is 0 Å². The van der Waals surface area contributed by atoms with E-state index in [0.29, 0.717) is 10.4 Å². The Hall–Kier alpha value is -1.23. The maximum absolute atomic E-state index is 9.43. The highest BCUT2D eigenvalue weighted by Crippen LogP contribution is 2.48. The lowest BCUT2D eigenvalue weighted by Crippen LogP contribution is -2.32. The Morgan fingerprint density at radius 3 is 2.37 bits per heavy atom. The Morgan fingerprint density at radius 2 is 1.68 bits per heavy atom. The van der Waals surface area contributed by atoms with Gasteiger partial charge in [0, 0.05) is 10.3 Å². The van der Waals surface area contributed by atoms with E-state index in [1.165, 1.54) is 11.1 Å². The molecule has 19 heavy (non-hydrogen) atoms. The van der Waals surface area contributed by atoms with Crippen molar-refractivity contribution in [2.24, 2.45) is 0 Å². The summed E-state index contributed by atoms with van der Waals surface area (Å²) < 4.78 is 0. The highest BCUT2D eigenvalue weighted by Gasteiger charge is 2.36. The molecule has 2 aromatic carbocycles.